The SMILES string of the molecule is CCCN(CCC)C(=O)NCc1ccccc1Cl. The molecule has 0 fully saturated rings. The number of urea groups is 1. The molecule has 1 rings (SSSR count). The second-order valence-electron chi connectivity index (χ2n) is 4.24. The van der Waals surface area contributed by atoms with E-state index in [0.717, 1.165) is 31.5 Å². The lowest BCUT2D eigenvalue weighted by Gasteiger charge is -2.22. The van der Waals surface area contributed by atoms with Crippen molar-refractivity contribution in [2.75, 3.05) is 13.1 Å². The van der Waals surface area contributed by atoms with Gasteiger partial charge in [0.15, 0.2) is 0 Å². The summed E-state index contributed by atoms with van der Waals surface area (Å²) in [5, 5.41) is 3.60. The third-order valence-electron chi connectivity index (χ3n) is 2.66. The van der Waals surface area contributed by atoms with Gasteiger partial charge in [-0.25, -0.2) is 4.79 Å². The van der Waals surface area contributed by atoms with E-state index in [4.69, 9.17) is 11.6 Å². The predicted octanol–water partition coefficient (Wildman–Crippen LogP) is 3.67. The van der Waals surface area contributed by atoms with Gasteiger partial charge in [-0.05, 0) is 24.5 Å². The Labute approximate surface area is 114 Å². The third kappa shape index (κ3) is 4.57. The van der Waals surface area contributed by atoms with Crippen LogP contribution < -0.4 is 5.32 Å². The Bertz CT molecular complexity index is 376. The van der Waals surface area contributed by atoms with E-state index < -0.39 is 0 Å². The Balaban J connectivity index is 2.51. The van der Waals surface area contributed by atoms with E-state index in [0.29, 0.717) is 11.6 Å². The molecule has 1 N–H and O–H groups in total. The maximum atomic E-state index is 12.0. The van der Waals surface area contributed by atoms with Crippen molar-refractivity contribution in [2.45, 2.75) is 33.2 Å². The van der Waals surface area contributed by atoms with Crippen LogP contribution in [0.25, 0.3) is 0 Å². The van der Waals surface area contributed by atoms with Crippen LogP contribution in [0.2, 0.25) is 5.02 Å². The number of benzene rings is 1. The summed E-state index contributed by atoms with van der Waals surface area (Å²) in [5.74, 6) is 0. The first-order valence-electron chi connectivity index (χ1n) is 6.45. The highest BCUT2D eigenvalue weighted by Gasteiger charge is 2.11. The van der Waals surface area contributed by atoms with Gasteiger partial charge >= 0.3 is 6.03 Å². The minimum atomic E-state index is -0.0152. The smallest absolute Gasteiger partial charge is 0.317 e. The summed E-state index contributed by atoms with van der Waals surface area (Å²) >= 11 is 6.04. The number of carbonyl (C=O) groups excluding carboxylic acids is 1. The van der Waals surface area contributed by atoms with Crippen LogP contribution in [0.1, 0.15) is 32.3 Å². The van der Waals surface area contributed by atoms with E-state index in [-0.39, 0.29) is 6.03 Å². The van der Waals surface area contributed by atoms with Crippen LogP contribution in [0, 0.1) is 0 Å². The number of nitrogens with one attached hydrogen (secondary N) is 1. The van der Waals surface area contributed by atoms with Crippen molar-refractivity contribution in [1.29, 1.82) is 0 Å². The van der Waals surface area contributed by atoms with E-state index in [1.54, 1.807) is 0 Å². The normalized spacial score (nSPS) is 10.2. The Morgan fingerprint density at radius 2 is 1.83 bits per heavy atom. The number of hydrogen-bond acceptors (Lipinski definition) is 1. The van der Waals surface area contributed by atoms with E-state index in [1.807, 2.05) is 29.2 Å². The maximum absolute atomic E-state index is 12.0. The van der Waals surface area contributed by atoms with Gasteiger partial charge in [-0.2, -0.15) is 0 Å². The molecule has 0 atom stereocenters. The van der Waals surface area contributed by atoms with Crippen molar-refractivity contribution in [3.05, 3.63) is 34.9 Å². The highest BCUT2D eigenvalue weighted by molar-refractivity contribution is 6.31. The predicted molar refractivity (Wildman–Crippen MR) is 75.8 cm³/mol. The lowest BCUT2D eigenvalue weighted by atomic mass is 10.2. The molecule has 1 aromatic carbocycles. The van der Waals surface area contributed by atoms with Crippen molar-refractivity contribution >= 4 is 17.6 Å². The molecule has 0 radical (unpaired) electrons. The fraction of sp³-hybridized carbons (Fsp3) is 0.500. The summed E-state index contributed by atoms with van der Waals surface area (Å²) < 4.78 is 0. The fourth-order valence-corrected chi connectivity index (χ4v) is 1.98. The molecule has 0 saturated heterocycles. The zero-order chi connectivity index (χ0) is 13.4. The van der Waals surface area contributed by atoms with Crippen molar-refractivity contribution in [3.63, 3.8) is 0 Å². The van der Waals surface area contributed by atoms with Gasteiger partial charge in [-0.1, -0.05) is 43.6 Å². The fourth-order valence-electron chi connectivity index (χ4n) is 1.78. The van der Waals surface area contributed by atoms with Crippen LogP contribution >= 0.6 is 11.6 Å². The molecule has 0 saturated carbocycles. The van der Waals surface area contributed by atoms with E-state index in [1.165, 1.54) is 0 Å². The molecule has 1 aromatic rings. The Morgan fingerprint density at radius 3 is 2.39 bits per heavy atom. The number of carbonyl (C=O) groups is 1. The molecule has 4 heteroatoms. The van der Waals surface area contributed by atoms with Crippen LogP contribution in [0.5, 0.6) is 0 Å². The highest BCUT2D eigenvalue weighted by atomic mass is 35.5. The molecule has 0 aliphatic rings. The third-order valence-corrected chi connectivity index (χ3v) is 3.03. The number of hydrogen-bond donors (Lipinski definition) is 1. The van der Waals surface area contributed by atoms with Gasteiger partial charge in [0.2, 0.25) is 0 Å². The minimum absolute atomic E-state index is 0.0152. The molecule has 0 aromatic heterocycles. The van der Waals surface area contributed by atoms with Crippen molar-refractivity contribution in [1.82, 2.24) is 10.2 Å². The van der Waals surface area contributed by atoms with Crippen LogP contribution in [-0.4, -0.2) is 24.0 Å². The average Bonchev–Trinajstić information content (AvgIpc) is 2.37. The van der Waals surface area contributed by atoms with Gasteiger partial charge in [0.05, 0.1) is 0 Å². The van der Waals surface area contributed by atoms with Gasteiger partial charge < -0.3 is 10.2 Å². The molecule has 3 nitrogen and oxygen atoms in total. The van der Waals surface area contributed by atoms with Crippen LogP contribution in [-0.2, 0) is 6.54 Å². The lowest BCUT2D eigenvalue weighted by Crippen LogP contribution is -2.40. The van der Waals surface area contributed by atoms with Gasteiger partial charge in [0, 0.05) is 24.7 Å². The zero-order valence-corrected chi connectivity index (χ0v) is 11.8. The second kappa shape index (κ2) is 7.98. The monoisotopic (exact) mass is 268 g/mol. The second-order valence-corrected chi connectivity index (χ2v) is 4.64. The average molecular weight is 269 g/mol. The van der Waals surface area contributed by atoms with E-state index in [2.05, 4.69) is 19.2 Å². The summed E-state index contributed by atoms with van der Waals surface area (Å²) in [4.78, 5) is 13.8. The molecule has 0 aliphatic heterocycles. The topological polar surface area (TPSA) is 32.3 Å². The highest BCUT2D eigenvalue weighted by Crippen LogP contribution is 2.14. The first-order chi connectivity index (χ1) is 8.69. The largest absolute Gasteiger partial charge is 0.334 e. The molecule has 2 amide bonds. The van der Waals surface area contributed by atoms with Gasteiger partial charge in [0.25, 0.3) is 0 Å². The lowest BCUT2D eigenvalue weighted by molar-refractivity contribution is 0.197. The summed E-state index contributed by atoms with van der Waals surface area (Å²) in [7, 11) is 0. The molecular formula is C14H21ClN2O. The summed E-state index contributed by atoms with van der Waals surface area (Å²) in [6.45, 7) is 6.21. The van der Waals surface area contributed by atoms with Gasteiger partial charge in [-0.15, -0.1) is 0 Å². The minimum Gasteiger partial charge on any atom is -0.334 e. The maximum Gasteiger partial charge on any atom is 0.317 e. The molecular weight excluding hydrogens is 248 g/mol. The number of amides is 2. The summed E-state index contributed by atoms with van der Waals surface area (Å²) in [6.07, 6.45) is 1.94. The molecule has 0 aliphatic carbocycles. The van der Waals surface area contributed by atoms with Gasteiger partial charge in [-0.3, -0.25) is 0 Å². The molecule has 0 bridgehead atoms. The summed E-state index contributed by atoms with van der Waals surface area (Å²) in [6, 6.07) is 7.54. The van der Waals surface area contributed by atoms with Crippen LogP contribution in [0.3, 0.4) is 0 Å². The van der Waals surface area contributed by atoms with Crippen molar-refractivity contribution < 1.29 is 4.79 Å². The quantitative estimate of drug-likeness (QED) is 0.839. The van der Waals surface area contributed by atoms with Crippen molar-refractivity contribution in [2.24, 2.45) is 0 Å². The van der Waals surface area contributed by atoms with Crippen LogP contribution in [0.15, 0.2) is 24.3 Å². The number of rotatable bonds is 6. The Hall–Kier alpha value is -1.22. The zero-order valence-electron chi connectivity index (χ0n) is 11.1. The molecule has 18 heavy (non-hydrogen) atoms. The molecule has 0 spiro atoms. The Kier molecular flexibility index (Phi) is 6.58. The number of halogens is 1. The molecule has 100 valence electrons. The Morgan fingerprint density at radius 1 is 1.22 bits per heavy atom. The van der Waals surface area contributed by atoms with Crippen LogP contribution in [0.4, 0.5) is 4.79 Å². The van der Waals surface area contributed by atoms with Crippen molar-refractivity contribution in [3.8, 4) is 0 Å². The van der Waals surface area contributed by atoms with E-state index >= 15 is 0 Å². The molecule has 0 heterocycles. The first-order valence-corrected chi connectivity index (χ1v) is 6.83. The van der Waals surface area contributed by atoms with Gasteiger partial charge in [0.1, 0.15) is 0 Å². The molecule has 0 unspecified atom stereocenters. The first kappa shape index (κ1) is 14.8. The standard InChI is InChI=1S/C14H21ClN2O/c1-3-9-17(10-4-2)14(18)16-11-12-7-5-6-8-13(12)15/h5-8H,3-4,9-11H2,1-2H3,(H,16,18). The number of nitrogens with zero attached hydrogens (tertiary/aromatic N) is 1. The summed E-state index contributed by atoms with van der Waals surface area (Å²) in [5.41, 5.74) is 0.945. The van der Waals surface area contributed by atoms with E-state index in [9.17, 15) is 4.79 Å².